The van der Waals surface area contributed by atoms with Crippen molar-refractivity contribution in [1.82, 2.24) is 4.90 Å². The fourth-order valence-corrected chi connectivity index (χ4v) is 2.53. The van der Waals surface area contributed by atoms with Crippen LogP contribution >= 0.6 is 15.2 Å². The van der Waals surface area contributed by atoms with E-state index in [9.17, 15) is 9.13 Å². The van der Waals surface area contributed by atoms with Gasteiger partial charge in [-0.05, 0) is 0 Å². The van der Waals surface area contributed by atoms with Gasteiger partial charge in [0.1, 0.15) is 12.6 Å². The third kappa shape index (κ3) is 13.2. The molecule has 15 heavy (non-hydrogen) atoms. The largest absolute Gasteiger partial charge is 0.395 e. The van der Waals surface area contributed by atoms with Crippen LogP contribution in [0.2, 0.25) is 0 Å². The zero-order valence-electron chi connectivity index (χ0n) is 8.22. The molecule has 0 aliphatic rings. The summed E-state index contributed by atoms with van der Waals surface area (Å²) in [4.78, 5) is 35.0. The van der Waals surface area contributed by atoms with Crippen molar-refractivity contribution in [2.75, 3.05) is 25.7 Å². The molecule has 11 heteroatoms. The van der Waals surface area contributed by atoms with Gasteiger partial charge in [0.2, 0.25) is 0 Å². The van der Waals surface area contributed by atoms with E-state index in [0.29, 0.717) is 0 Å². The van der Waals surface area contributed by atoms with Crippen molar-refractivity contribution in [1.29, 1.82) is 0 Å². The Morgan fingerprint density at radius 2 is 1.27 bits per heavy atom. The summed E-state index contributed by atoms with van der Waals surface area (Å²) in [6.07, 6.45) is -1.56. The van der Waals surface area contributed by atoms with Crippen LogP contribution in [-0.4, -0.2) is 84.9 Å². The zero-order chi connectivity index (χ0) is 11.4. The molecule has 87 valence electrons. The van der Waals surface area contributed by atoms with Gasteiger partial charge in [-0.15, -0.1) is 0 Å². The van der Waals surface area contributed by atoms with E-state index in [1.807, 2.05) is 0 Å². The first-order valence-electron chi connectivity index (χ1n) is 3.56. The van der Waals surface area contributed by atoms with Crippen LogP contribution in [0.4, 0.5) is 0 Å². The number of nitrogens with zero attached hydrogens (tertiary/aromatic N) is 1. The van der Waals surface area contributed by atoms with Crippen molar-refractivity contribution in [3.05, 3.63) is 0 Å². The van der Waals surface area contributed by atoms with Gasteiger partial charge in [-0.3, -0.25) is 14.0 Å². The number of rotatable bonds is 6. The summed E-state index contributed by atoms with van der Waals surface area (Å²) in [6.45, 7) is -0.629. The van der Waals surface area contributed by atoms with E-state index in [1.165, 1.54) is 0 Å². The maximum atomic E-state index is 10.5. The zero-order valence-corrected chi connectivity index (χ0v) is 12.0. The molecule has 0 saturated heterocycles. The summed E-state index contributed by atoms with van der Waals surface area (Å²) in [5, 5.41) is 8.48. The smallest absolute Gasteiger partial charge is 0.339 e. The minimum atomic E-state index is -4.37. The Kier molecular flexibility index (Phi) is 9.32. The van der Waals surface area contributed by atoms with E-state index >= 15 is 0 Å². The molecule has 0 heterocycles. The summed E-state index contributed by atoms with van der Waals surface area (Å²) in [5.41, 5.74) is 0. The first kappa shape index (κ1) is 18.6. The second kappa shape index (κ2) is 7.53. The fraction of sp³-hybridized carbons (Fsp3) is 1.00. The Hall–Kier alpha value is 1.22. The van der Waals surface area contributed by atoms with Gasteiger partial charge in [-0.2, -0.15) is 0 Å². The summed E-state index contributed by atoms with van der Waals surface area (Å²) in [6, 6.07) is 0. The van der Waals surface area contributed by atoms with Crippen LogP contribution in [0.5, 0.6) is 0 Å². The van der Waals surface area contributed by atoms with Gasteiger partial charge < -0.3 is 24.7 Å². The van der Waals surface area contributed by atoms with Crippen LogP contribution in [0.3, 0.4) is 0 Å². The number of aliphatic hydroxyl groups excluding tert-OH is 1. The summed E-state index contributed by atoms with van der Waals surface area (Å²) in [7, 11) is -8.73. The molecule has 0 saturated carbocycles. The van der Waals surface area contributed by atoms with Gasteiger partial charge in [-0.25, -0.2) is 0 Å². The monoisotopic (exact) mass is 272 g/mol. The number of hydrogen-bond donors (Lipinski definition) is 5. The average molecular weight is 272 g/mol. The number of hydrogen-bond acceptors (Lipinski definition) is 4. The molecule has 0 spiro atoms. The van der Waals surface area contributed by atoms with Crippen LogP contribution in [0.1, 0.15) is 0 Å². The molecule has 0 unspecified atom stereocenters. The molecule has 0 rings (SSSR count). The molecule has 0 aliphatic heterocycles. The SMILES string of the molecule is O=P(O)(O)CN(CCO)CP(=O)(O)O.[Na]. The molecule has 0 atom stereocenters. The van der Waals surface area contributed by atoms with E-state index in [2.05, 4.69) is 0 Å². The van der Waals surface area contributed by atoms with Crippen LogP contribution in [0, 0.1) is 0 Å². The molecule has 0 bridgehead atoms. The molecule has 8 nitrogen and oxygen atoms in total. The summed E-state index contributed by atoms with van der Waals surface area (Å²) < 4.78 is 21.0. The summed E-state index contributed by atoms with van der Waals surface area (Å²) >= 11 is 0. The Bertz CT molecular complexity index is 238. The third-order valence-electron chi connectivity index (χ3n) is 1.18. The molecular weight excluding hydrogens is 259 g/mol. The minimum absolute atomic E-state index is 0. The van der Waals surface area contributed by atoms with Gasteiger partial charge in [-0.1, -0.05) is 0 Å². The van der Waals surface area contributed by atoms with Crippen molar-refractivity contribution in [2.24, 2.45) is 0 Å². The van der Waals surface area contributed by atoms with E-state index in [4.69, 9.17) is 24.7 Å². The van der Waals surface area contributed by atoms with Gasteiger partial charge >= 0.3 is 15.2 Å². The second-order valence-corrected chi connectivity index (χ2v) is 5.95. The molecule has 0 fully saturated rings. The average Bonchev–Trinajstić information content (AvgIpc) is 1.78. The molecule has 5 N–H and O–H groups in total. The molecule has 0 aromatic heterocycles. The minimum Gasteiger partial charge on any atom is -0.395 e. The fourth-order valence-electron chi connectivity index (χ4n) is 0.849. The van der Waals surface area contributed by atoms with Gasteiger partial charge in [0.05, 0.1) is 6.61 Å². The first-order chi connectivity index (χ1) is 6.14. The Labute approximate surface area is 109 Å². The van der Waals surface area contributed by atoms with Gasteiger partial charge in [0, 0.05) is 36.1 Å². The van der Waals surface area contributed by atoms with Crippen LogP contribution in [-0.2, 0) is 9.13 Å². The molecule has 0 aromatic rings. The Balaban J connectivity index is 0. The number of aliphatic hydroxyl groups is 1. The summed E-state index contributed by atoms with van der Waals surface area (Å²) in [5.74, 6) is 0. The predicted molar refractivity (Wildman–Crippen MR) is 53.4 cm³/mol. The maximum Gasteiger partial charge on any atom is 0.339 e. The van der Waals surface area contributed by atoms with Crippen LogP contribution in [0.25, 0.3) is 0 Å². The first-order valence-corrected chi connectivity index (χ1v) is 7.16. The van der Waals surface area contributed by atoms with Crippen molar-refractivity contribution >= 4 is 44.7 Å². The maximum absolute atomic E-state index is 10.5. The normalized spacial score (nSPS) is 12.7. The van der Waals surface area contributed by atoms with Gasteiger partial charge in [0.15, 0.2) is 0 Å². The molecule has 1 radical (unpaired) electrons. The van der Waals surface area contributed by atoms with Crippen molar-refractivity contribution in [3.63, 3.8) is 0 Å². The molecular formula is C4H13NNaO7P2. The molecule has 0 amide bonds. The molecule has 0 aromatic carbocycles. The van der Waals surface area contributed by atoms with E-state index in [-0.39, 0.29) is 36.1 Å². The molecule has 0 aliphatic carbocycles. The van der Waals surface area contributed by atoms with E-state index in [1.54, 1.807) is 0 Å². The van der Waals surface area contributed by atoms with E-state index < -0.39 is 34.4 Å². The van der Waals surface area contributed by atoms with Crippen LogP contribution < -0.4 is 0 Å². The predicted octanol–water partition coefficient (Wildman–Crippen LogP) is -1.83. The van der Waals surface area contributed by atoms with Crippen molar-refractivity contribution in [3.8, 4) is 0 Å². The second-order valence-electron chi connectivity index (χ2n) is 2.73. The van der Waals surface area contributed by atoms with Gasteiger partial charge in [0.25, 0.3) is 0 Å². The van der Waals surface area contributed by atoms with E-state index in [0.717, 1.165) is 4.90 Å². The van der Waals surface area contributed by atoms with Crippen molar-refractivity contribution in [2.45, 2.75) is 0 Å². The third-order valence-corrected chi connectivity index (χ3v) is 2.72. The topological polar surface area (TPSA) is 139 Å². The standard InChI is InChI=1S/C4H13NO7P2.Na/c6-2-1-5(3-13(7,8)9)4-14(10,11)12;/h6H,1-4H2,(H2,7,8,9)(H2,10,11,12);. The quantitative estimate of drug-likeness (QED) is 0.281. The Morgan fingerprint density at radius 3 is 1.47 bits per heavy atom. The Morgan fingerprint density at radius 1 is 0.933 bits per heavy atom. The van der Waals surface area contributed by atoms with Crippen molar-refractivity contribution < 1.29 is 33.8 Å². The van der Waals surface area contributed by atoms with Crippen LogP contribution in [0.15, 0.2) is 0 Å².